The van der Waals surface area contributed by atoms with Crippen LogP contribution in [0.5, 0.6) is 0 Å². The number of hydrogen-bond donors (Lipinski definition) is 1. The van der Waals surface area contributed by atoms with Crippen LogP contribution in [-0.2, 0) is 13.6 Å². The van der Waals surface area contributed by atoms with Gasteiger partial charge in [0.25, 0.3) is 0 Å². The summed E-state index contributed by atoms with van der Waals surface area (Å²) in [4.78, 5) is 11.0. The second-order valence-electron chi connectivity index (χ2n) is 4.72. The van der Waals surface area contributed by atoms with Gasteiger partial charge in [-0.15, -0.1) is 0 Å². The van der Waals surface area contributed by atoms with Gasteiger partial charge in [0.05, 0.1) is 23.4 Å². The molecule has 0 bridgehead atoms. The minimum absolute atomic E-state index is 0.227. The van der Waals surface area contributed by atoms with E-state index in [1.807, 2.05) is 36.0 Å². The van der Waals surface area contributed by atoms with Gasteiger partial charge in [-0.05, 0) is 13.0 Å². The minimum Gasteiger partial charge on any atom is -0.478 e. The predicted molar refractivity (Wildman–Crippen MR) is 73.7 cm³/mol. The second-order valence-corrected chi connectivity index (χ2v) is 4.72. The molecule has 0 aliphatic rings. The van der Waals surface area contributed by atoms with Crippen LogP contribution >= 0.6 is 0 Å². The number of carbonyl (C=O) groups is 1. The van der Waals surface area contributed by atoms with Crippen LogP contribution in [0.2, 0.25) is 0 Å². The van der Waals surface area contributed by atoms with Crippen molar-refractivity contribution in [3.05, 3.63) is 47.4 Å². The van der Waals surface area contributed by atoms with Gasteiger partial charge in [0.15, 0.2) is 0 Å². The van der Waals surface area contributed by atoms with Crippen molar-refractivity contribution in [2.24, 2.45) is 7.05 Å². The number of fused-ring (bicyclic) bond motifs is 1. The molecular formula is C14H14N4O2. The largest absolute Gasteiger partial charge is 0.478 e. The molecule has 0 radical (unpaired) electrons. The van der Waals surface area contributed by atoms with Gasteiger partial charge in [-0.25, -0.2) is 4.79 Å². The number of aromatic nitrogens is 4. The van der Waals surface area contributed by atoms with Gasteiger partial charge >= 0.3 is 5.97 Å². The maximum absolute atomic E-state index is 11.0. The van der Waals surface area contributed by atoms with Crippen LogP contribution in [0.4, 0.5) is 0 Å². The summed E-state index contributed by atoms with van der Waals surface area (Å²) in [6.07, 6.45) is 1.54. The topological polar surface area (TPSA) is 72.9 Å². The summed E-state index contributed by atoms with van der Waals surface area (Å²) in [5.74, 6) is -0.959. The fraction of sp³-hybridized carbons (Fsp3) is 0.214. The fourth-order valence-electron chi connectivity index (χ4n) is 2.37. The van der Waals surface area contributed by atoms with E-state index in [0.29, 0.717) is 12.2 Å². The van der Waals surface area contributed by atoms with Crippen LogP contribution in [0.3, 0.4) is 0 Å². The molecule has 0 saturated carbocycles. The highest BCUT2D eigenvalue weighted by Crippen LogP contribution is 2.18. The lowest BCUT2D eigenvalue weighted by atomic mass is 10.2. The summed E-state index contributed by atoms with van der Waals surface area (Å²) < 4.78 is 3.44. The lowest BCUT2D eigenvalue weighted by Crippen LogP contribution is -2.02. The number of benzene rings is 1. The molecule has 0 aliphatic carbocycles. The summed E-state index contributed by atoms with van der Waals surface area (Å²) >= 11 is 0. The molecule has 6 nitrogen and oxygen atoms in total. The average Bonchev–Trinajstić information content (AvgIpc) is 2.92. The third-order valence-corrected chi connectivity index (χ3v) is 3.32. The van der Waals surface area contributed by atoms with Gasteiger partial charge in [0.1, 0.15) is 5.56 Å². The van der Waals surface area contributed by atoms with Crippen LogP contribution in [0, 0.1) is 6.92 Å². The summed E-state index contributed by atoms with van der Waals surface area (Å²) in [5.41, 5.74) is 2.66. The third-order valence-electron chi connectivity index (χ3n) is 3.32. The molecule has 0 fully saturated rings. The zero-order valence-corrected chi connectivity index (χ0v) is 11.2. The van der Waals surface area contributed by atoms with Crippen molar-refractivity contribution in [2.75, 3.05) is 0 Å². The highest BCUT2D eigenvalue weighted by molar-refractivity contribution is 5.88. The van der Waals surface area contributed by atoms with E-state index in [1.165, 1.54) is 0 Å². The normalized spacial score (nSPS) is 11.1. The van der Waals surface area contributed by atoms with Crippen LogP contribution in [0.25, 0.3) is 10.9 Å². The Hall–Kier alpha value is -2.63. The van der Waals surface area contributed by atoms with Crippen molar-refractivity contribution in [2.45, 2.75) is 13.5 Å². The van der Waals surface area contributed by atoms with Crippen molar-refractivity contribution in [1.82, 2.24) is 19.6 Å². The molecule has 0 aliphatic heterocycles. The standard InChI is InChI=1S/C14H14N4O2/c1-9-11(14(19)20)7-18(15-9)8-12-10-5-3-4-6-13(10)17(2)16-12/h3-7H,8H2,1-2H3,(H,19,20). The SMILES string of the molecule is Cc1nn(Cc2nn(C)c3ccccc23)cc1C(=O)O. The van der Waals surface area contributed by atoms with E-state index < -0.39 is 5.97 Å². The summed E-state index contributed by atoms with van der Waals surface area (Å²) in [7, 11) is 1.89. The molecule has 6 heteroatoms. The first-order chi connectivity index (χ1) is 9.56. The highest BCUT2D eigenvalue weighted by atomic mass is 16.4. The highest BCUT2D eigenvalue weighted by Gasteiger charge is 2.14. The van der Waals surface area contributed by atoms with Crippen LogP contribution in [-0.4, -0.2) is 30.6 Å². The molecular weight excluding hydrogens is 256 g/mol. The molecule has 20 heavy (non-hydrogen) atoms. The van der Waals surface area contributed by atoms with Gasteiger partial charge < -0.3 is 5.11 Å². The van der Waals surface area contributed by atoms with Crippen molar-refractivity contribution in [3.63, 3.8) is 0 Å². The Labute approximate surface area is 115 Å². The third kappa shape index (κ3) is 1.95. The van der Waals surface area contributed by atoms with Gasteiger partial charge in [0.2, 0.25) is 0 Å². The van der Waals surface area contributed by atoms with E-state index in [2.05, 4.69) is 10.2 Å². The Morgan fingerprint density at radius 1 is 1.30 bits per heavy atom. The number of aromatic carboxylic acids is 1. The smallest absolute Gasteiger partial charge is 0.339 e. The number of hydrogen-bond acceptors (Lipinski definition) is 3. The molecule has 0 atom stereocenters. The Kier molecular flexibility index (Phi) is 2.78. The first kappa shape index (κ1) is 12.4. The van der Waals surface area contributed by atoms with Crippen LogP contribution in [0.1, 0.15) is 21.7 Å². The summed E-state index contributed by atoms with van der Waals surface area (Å²) in [6, 6.07) is 7.94. The molecule has 1 aromatic carbocycles. The van der Waals surface area contributed by atoms with Gasteiger partial charge in [0, 0.05) is 18.6 Å². The summed E-state index contributed by atoms with van der Waals surface area (Å²) in [6.45, 7) is 2.14. The lowest BCUT2D eigenvalue weighted by Gasteiger charge is -1.98. The van der Waals surface area contributed by atoms with Crippen molar-refractivity contribution in [1.29, 1.82) is 0 Å². The Morgan fingerprint density at radius 3 is 2.75 bits per heavy atom. The Bertz CT molecular complexity index is 801. The maximum atomic E-state index is 11.0. The quantitative estimate of drug-likeness (QED) is 0.788. The number of carboxylic acids is 1. The van der Waals surface area contributed by atoms with E-state index in [0.717, 1.165) is 16.6 Å². The van der Waals surface area contributed by atoms with E-state index in [9.17, 15) is 4.79 Å². The van der Waals surface area contributed by atoms with E-state index in [-0.39, 0.29) is 5.56 Å². The maximum Gasteiger partial charge on any atom is 0.339 e. The lowest BCUT2D eigenvalue weighted by molar-refractivity contribution is 0.0696. The molecule has 2 aromatic heterocycles. The molecule has 1 N–H and O–H groups in total. The van der Waals surface area contributed by atoms with Crippen molar-refractivity contribution in [3.8, 4) is 0 Å². The number of rotatable bonds is 3. The van der Waals surface area contributed by atoms with Gasteiger partial charge in [-0.1, -0.05) is 18.2 Å². The van der Waals surface area contributed by atoms with Crippen LogP contribution in [0.15, 0.2) is 30.5 Å². The fourth-order valence-corrected chi connectivity index (χ4v) is 2.37. The Balaban J connectivity index is 2.01. The zero-order chi connectivity index (χ0) is 14.3. The molecule has 0 unspecified atom stereocenters. The molecule has 2 heterocycles. The number of para-hydroxylation sites is 1. The van der Waals surface area contributed by atoms with E-state index in [1.54, 1.807) is 17.8 Å². The first-order valence-electron chi connectivity index (χ1n) is 6.24. The zero-order valence-electron chi connectivity index (χ0n) is 11.2. The van der Waals surface area contributed by atoms with E-state index >= 15 is 0 Å². The van der Waals surface area contributed by atoms with Gasteiger partial charge in [-0.2, -0.15) is 10.2 Å². The number of aryl methyl sites for hydroxylation is 2. The van der Waals surface area contributed by atoms with Crippen molar-refractivity contribution >= 4 is 16.9 Å². The average molecular weight is 270 g/mol. The van der Waals surface area contributed by atoms with Crippen LogP contribution < -0.4 is 0 Å². The van der Waals surface area contributed by atoms with Crippen molar-refractivity contribution < 1.29 is 9.90 Å². The first-order valence-corrected chi connectivity index (χ1v) is 6.24. The van der Waals surface area contributed by atoms with E-state index in [4.69, 9.17) is 5.11 Å². The molecule has 3 aromatic rings. The molecule has 0 spiro atoms. The van der Waals surface area contributed by atoms with Gasteiger partial charge in [-0.3, -0.25) is 9.36 Å². The number of carboxylic acid groups (broad SMARTS) is 1. The Morgan fingerprint density at radius 2 is 2.05 bits per heavy atom. The molecule has 3 rings (SSSR count). The second kappa shape index (κ2) is 4.48. The number of nitrogens with zero attached hydrogens (tertiary/aromatic N) is 4. The summed E-state index contributed by atoms with van der Waals surface area (Å²) in [5, 5.41) is 18.8. The molecule has 0 amide bonds. The molecule has 0 saturated heterocycles. The minimum atomic E-state index is -0.959. The predicted octanol–water partition coefficient (Wildman–Crippen LogP) is 1.82. The monoisotopic (exact) mass is 270 g/mol. The molecule has 102 valence electrons.